The third kappa shape index (κ3) is 3.85. The van der Waals surface area contributed by atoms with Gasteiger partial charge in [-0.25, -0.2) is 14.2 Å². The molecule has 108 valence electrons. The van der Waals surface area contributed by atoms with Gasteiger partial charge in [0, 0.05) is 18.2 Å². The predicted molar refractivity (Wildman–Crippen MR) is 79.1 cm³/mol. The molecule has 0 fully saturated rings. The maximum absolute atomic E-state index is 13.4. The predicted octanol–water partition coefficient (Wildman–Crippen LogP) is 2.25. The van der Waals surface area contributed by atoms with Gasteiger partial charge in [0.15, 0.2) is 0 Å². The van der Waals surface area contributed by atoms with E-state index in [4.69, 9.17) is 5.73 Å². The molecule has 6 heteroatoms. The first kappa shape index (κ1) is 14.6. The van der Waals surface area contributed by atoms with E-state index in [1.54, 1.807) is 24.3 Å². The number of guanidine groups is 1. The fraction of sp³-hybridized carbons (Fsp3) is 0.0667. The van der Waals surface area contributed by atoms with Crippen LogP contribution in [-0.4, -0.2) is 18.7 Å². The van der Waals surface area contributed by atoms with E-state index in [9.17, 15) is 8.78 Å². The van der Waals surface area contributed by atoms with E-state index < -0.39 is 11.6 Å². The van der Waals surface area contributed by atoms with Gasteiger partial charge < -0.3 is 5.73 Å². The van der Waals surface area contributed by atoms with Crippen molar-refractivity contribution in [3.63, 3.8) is 0 Å². The second kappa shape index (κ2) is 6.60. The number of nitrogens with two attached hydrogens (primary N) is 1. The van der Waals surface area contributed by atoms with E-state index in [0.29, 0.717) is 16.8 Å². The summed E-state index contributed by atoms with van der Waals surface area (Å²) < 4.78 is 26.8. The summed E-state index contributed by atoms with van der Waals surface area (Å²) in [6.07, 6.45) is 0. The van der Waals surface area contributed by atoms with E-state index in [2.05, 4.69) is 15.5 Å². The van der Waals surface area contributed by atoms with Crippen molar-refractivity contribution in [2.75, 3.05) is 7.05 Å². The Bertz CT molecular complexity index is 648. The zero-order chi connectivity index (χ0) is 15.2. The molecule has 4 nitrogen and oxygen atoms in total. The van der Waals surface area contributed by atoms with Crippen molar-refractivity contribution in [2.45, 2.75) is 0 Å². The Hall–Kier alpha value is -2.76. The summed E-state index contributed by atoms with van der Waals surface area (Å²) in [5.74, 6) is -0.720. The third-order valence-corrected chi connectivity index (χ3v) is 2.72. The summed E-state index contributed by atoms with van der Waals surface area (Å²) in [5, 5.41) is 4.09. The van der Waals surface area contributed by atoms with E-state index in [-0.39, 0.29) is 5.96 Å². The molecule has 0 spiro atoms. The third-order valence-electron chi connectivity index (χ3n) is 2.72. The van der Waals surface area contributed by atoms with E-state index >= 15 is 0 Å². The van der Waals surface area contributed by atoms with Crippen LogP contribution in [0.1, 0.15) is 11.1 Å². The molecule has 0 unspecified atom stereocenters. The molecule has 0 aliphatic carbocycles. The van der Waals surface area contributed by atoms with E-state index in [0.717, 1.165) is 0 Å². The van der Waals surface area contributed by atoms with Gasteiger partial charge >= 0.3 is 0 Å². The maximum atomic E-state index is 13.4. The first-order valence-electron chi connectivity index (χ1n) is 6.18. The largest absolute Gasteiger partial charge is 0.369 e. The quantitative estimate of drug-likeness (QED) is 0.517. The van der Waals surface area contributed by atoms with Crippen molar-refractivity contribution in [1.29, 1.82) is 0 Å². The molecule has 0 aliphatic rings. The summed E-state index contributed by atoms with van der Waals surface area (Å²) >= 11 is 0. The van der Waals surface area contributed by atoms with Crippen LogP contribution in [0.4, 0.5) is 8.78 Å². The molecule has 0 heterocycles. The molecule has 3 N–H and O–H groups in total. The zero-order valence-electron chi connectivity index (χ0n) is 11.3. The van der Waals surface area contributed by atoms with Gasteiger partial charge in [-0.15, -0.1) is 0 Å². The molecule has 21 heavy (non-hydrogen) atoms. The van der Waals surface area contributed by atoms with Crippen molar-refractivity contribution in [3.05, 3.63) is 71.3 Å². The maximum Gasteiger partial charge on any atom is 0.209 e. The van der Waals surface area contributed by atoms with Gasteiger partial charge in [0.2, 0.25) is 5.96 Å². The van der Waals surface area contributed by atoms with Crippen LogP contribution in [0.5, 0.6) is 0 Å². The van der Waals surface area contributed by atoms with Crippen molar-refractivity contribution in [3.8, 4) is 0 Å². The lowest BCUT2D eigenvalue weighted by Gasteiger charge is -2.08. The summed E-state index contributed by atoms with van der Waals surface area (Å²) in [7, 11) is 1.50. The molecule has 0 saturated heterocycles. The fourth-order valence-electron chi connectivity index (χ4n) is 1.73. The first-order valence-corrected chi connectivity index (χ1v) is 6.18. The molecule has 2 aromatic carbocycles. The standard InChI is InChI=1S/C15H14F2N4/c1-19-15(18)21-20-14(10-4-2-6-12(16)8-10)11-5-3-7-13(17)9-11/h2-9H,1H3,(H3,18,19,21). The molecular weight excluding hydrogens is 274 g/mol. The number of hydrogen-bond donors (Lipinski definition) is 2. The number of nitrogens with one attached hydrogen (secondary N) is 1. The topological polar surface area (TPSA) is 62.8 Å². The van der Waals surface area contributed by atoms with Crippen LogP contribution in [0.25, 0.3) is 0 Å². The highest BCUT2D eigenvalue weighted by atomic mass is 19.1. The second-order valence-corrected chi connectivity index (χ2v) is 4.20. The molecule has 0 radical (unpaired) electrons. The summed E-state index contributed by atoms with van der Waals surface area (Å²) in [6, 6.07) is 11.7. The molecule has 0 atom stereocenters. The highest BCUT2D eigenvalue weighted by Crippen LogP contribution is 2.13. The van der Waals surface area contributed by atoms with Crippen LogP contribution in [0.3, 0.4) is 0 Å². The van der Waals surface area contributed by atoms with Crippen LogP contribution in [0, 0.1) is 11.6 Å². The van der Waals surface area contributed by atoms with Gasteiger partial charge in [-0.2, -0.15) is 5.10 Å². The minimum Gasteiger partial charge on any atom is -0.369 e. The Kier molecular flexibility index (Phi) is 4.61. The highest BCUT2D eigenvalue weighted by Gasteiger charge is 2.09. The van der Waals surface area contributed by atoms with Gasteiger partial charge in [-0.3, -0.25) is 4.99 Å². The molecule has 0 amide bonds. The molecule has 0 saturated carbocycles. The summed E-state index contributed by atoms with van der Waals surface area (Å²) in [6.45, 7) is 0. The van der Waals surface area contributed by atoms with Crippen LogP contribution in [0.15, 0.2) is 58.6 Å². The van der Waals surface area contributed by atoms with Crippen LogP contribution >= 0.6 is 0 Å². The van der Waals surface area contributed by atoms with Crippen LogP contribution in [-0.2, 0) is 0 Å². The summed E-state index contributed by atoms with van der Waals surface area (Å²) in [5.41, 5.74) is 9.42. The fourth-order valence-corrected chi connectivity index (χ4v) is 1.73. The average Bonchev–Trinajstić information content (AvgIpc) is 2.47. The average molecular weight is 288 g/mol. The van der Waals surface area contributed by atoms with Crippen LogP contribution in [0.2, 0.25) is 0 Å². The van der Waals surface area contributed by atoms with Crippen LogP contribution < -0.4 is 11.2 Å². The molecular formula is C15H14F2N4. The smallest absolute Gasteiger partial charge is 0.209 e. The number of nitrogens with zero attached hydrogens (tertiary/aromatic N) is 2. The van der Waals surface area contributed by atoms with E-state index in [1.807, 2.05) is 0 Å². The lowest BCUT2D eigenvalue weighted by Crippen LogP contribution is -2.28. The molecule has 0 aliphatic heterocycles. The SMILES string of the molecule is CN=C(N)NN=C(c1cccc(F)c1)c1cccc(F)c1. The number of benzene rings is 2. The number of hydrogen-bond acceptors (Lipinski definition) is 2. The van der Waals surface area contributed by atoms with Crippen molar-refractivity contribution in [1.82, 2.24) is 5.43 Å². The molecule has 0 bridgehead atoms. The van der Waals surface area contributed by atoms with Crippen molar-refractivity contribution < 1.29 is 8.78 Å². The number of hydrazone groups is 1. The molecule has 0 aromatic heterocycles. The second-order valence-electron chi connectivity index (χ2n) is 4.20. The Labute approximate surface area is 121 Å². The Morgan fingerprint density at radius 1 is 1.00 bits per heavy atom. The number of halogens is 2. The zero-order valence-corrected chi connectivity index (χ0v) is 11.3. The Morgan fingerprint density at radius 3 is 1.95 bits per heavy atom. The molecule has 2 aromatic rings. The first-order chi connectivity index (χ1) is 10.1. The number of aliphatic imine (C=N–C) groups is 1. The lowest BCUT2D eigenvalue weighted by molar-refractivity contribution is 0.627. The van der Waals surface area contributed by atoms with Crippen molar-refractivity contribution in [2.24, 2.45) is 15.8 Å². The Balaban J connectivity index is 2.49. The number of rotatable bonds is 3. The van der Waals surface area contributed by atoms with Crippen molar-refractivity contribution >= 4 is 11.7 Å². The minimum atomic E-state index is -0.409. The van der Waals surface area contributed by atoms with Gasteiger partial charge in [0.05, 0.1) is 5.71 Å². The van der Waals surface area contributed by atoms with Gasteiger partial charge in [0.25, 0.3) is 0 Å². The van der Waals surface area contributed by atoms with Gasteiger partial charge in [-0.1, -0.05) is 24.3 Å². The monoisotopic (exact) mass is 288 g/mol. The summed E-state index contributed by atoms with van der Waals surface area (Å²) in [4.78, 5) is 3.71. The normalized spacial score (nSPS) is 11.1. The highest BCUT2D eigenvalue weighted by molar-refractivity contribution is 6.13. The minimum absolute atomic E-state index is 0.0975. The van der Waals surface area contributed by atoms with Gasteiger partial charge in [0.1, 0.15) is 11.6 Å². The lowest BCUT2D eigenvalue weighted by atomic mass is 10.0. The van der Waals surface area contributed by atoms with Gasteiger partial charge in [-0.05, 0) is 24.3 Å². The Morgan fingerprint density at radius 2 is 1.52 bits per heavy atom. The molecule has 2 rings (SSSR count). The van der Waals surface area contributed by atoms with E-state index in [1.165, 1.54) is 31.3 Å².